The molecule has 0 unspecified atom stereocenters. The third-order valence-electron chi connectivity index (χ3n) is 3.26. The first-order valence-electron chi connectivity index (χ1n) is 6.85. The van der Waals surface area contributed by atoms with Gasteiger partial charge in [0.15, 0.2) is 0 Å². The quantitative estimate of drug-likeness (QED) is 0.820. The second kappa shape index (κ2) is 7.45. The number of ether oxygens (including phenoxy) is 1. The van der Waals surface area contributed by atoms with Crippen molar-refractivity contribution < 1.29 is 14.6 Å². The molecule has 0 aromatic heterocycles. The SMILES string of the molecule is CN[C@@H](Cc1ccc(OCc2ccccc2)cc1)C(=O)O. The van der Waals surface area contributed by atoms with Crippen LogP contribution < -0.4 is 10.1 Å². The van der Waals surface area contributed by atoms with E-state index >= 15 is 0 Å². The number of hydrogen-bond donors (Lipinski definition) is 2. The second-order valence-corrected chi connectivity index (χ2v) is 4.80. The van der Waals surface area contributed by atoms with Gasteiger partial charge in [0.05, 0.1) is 0 Å². The average molecular weight is 285 g/mol. The zero-order valence-corrected chi connectivity index (χ0v) is 12.0. The number of carbonyl (C=O) groups is 1. The summed E-state index contributed by atoms with van der Waals surface area (Å²) >= 11 is 0. The third-order valence-corrected chi connectivity index (χ3v) is 3.26. The highest BCUT2D eigenvalue weighted by molar-refractivity contribution is 5.73. The maximum Gasteiger partial charge on any atom is 0.321 e. The van der Waals surface area contributed by atoms with Gasteiger partial charge in [-0.1, -0.05) is 42.5 Å². The van der Waals surface area contributed by atoms with Crippen LogP contribution in [0.5, 0.6) is 5.75 Å². The summed E-state index contributed by atoms with van der Waals surface area (Å²) in [4.78, 5) is 11.0. The van der Waals surface area contributed by atoms with Gasteiger partial charge in [-0.2, -0.15) is 0 Å². The van der Waals surface area contributed by atoms with Gasteiger partial charge in [0.2, 0.25) is 0 Å². The number of carboxylic acid groups (broad SMARTS) is 1. The van der Waals surface area contributed by atoms with Crippen molar-refractivity contribution in [2.45, 2.75) is 19.1 Å². The average Bonchev–Trinajstić information content (AvgIpc) is 2.52. The van der Waals surface area contributed by atoms with E-state index in [0.29, 0.717) is 13.0 Å². The first-order valence-corrected chi connectivity index (χ1v) is 6.85. The highest BCUT2D eigenvalue weighted by Gasteiger charge is 2.14. The van der Waals surface area contributed by atoms with Crippen molar-refractivity contribution in [3.8, 4) is 5.75 Å². The fourth-order valence-corrected chi connectivity index (χ4v) is 2.01. The molecule has 0 bridgehead atoms. The van der Waals surface area contributed by atoms with Gasteiger partial charge in [0.25, 0.3) is 0 Å². The van der Waals surface area contributed by atoms with Crippen LogP contribution in [-0.4, -0.2) is 24.2 Å². The molecule has 2 rings (SSSR count). The van der Waals surface area contributed by atoms with E-state index in [-0.39, 0.29) is 0 Å². The summed E-state index contributed by atoms with van der Waals surface area (Å²) in [6, 6.07) is 16.9. The summed E-state index contributed by atoms with van der Waals surface area (Å²) in [6.07, 6.45) is 0.449. The molecule has 0 aliphatic carbocycles. The van der Waals surface area contributed by atoms with Crippen molar-refractivity contribution in [3.05, 3.63) is 65.7 Å². The number of rotatable bonds is 7. The van der Waals surface area contributed by atoms with E-state index in [1.54, 1.807) is 7.05 Å². The molecule has 21 heavy (non-hydrogen) atoms. The summed E-state index contributed by atoms with van der Waals surface area (Å²) in [6.45, 7) is 0.522. The van der Waals surface area contributed by atoms with Gasteiger partial charge >= 0.3 is 5.97 Å². The highest BCUT2D eigenvalue weighted by Crippen LogP contribution is 2.15. The largest absolute Gasteiger partial charge is 0.489 e. The minimum absolute atomic E-state index is 0.449. The second-order valence-electron chi connectivity index (χ2n) is 4.80. The Kier molecular flexibility index (Phi) is 5.35. The fourth-order valence-electron chi connectivity index (χ4n) is 2.01. The number of nitrogens with one attached hydrogen (secondary N) is 1. The van der Waals surface area contributed by atoms with Crippen LogP contribution in [0.3, 0.4) is 0 Å². The predicted molar refractivity (Wildman–Crippen MR) is 81.4 cm³/mol. The van der Waals surface area contributed by atoms with Crippen molar-refractivity contribution in [2.24, 2.45) is 0 Å². The molecule has 0 spiro atoms. The number of aliphatic carboxylic acids is 1. The molecule has 1 atom stereocenters. The van der Waals surface area contributed by atoms with Crippen LogP contribution in [0.15, 0.2) is 54.6 Å². The molecular weight excluding hydrogens is 266 g/mol. The smallest absolute Gasteiger partial charge is 0.321 e. The topological polar surface area (TPSA) is 58.6 Å². The van der Waals surface area contributed by atoms with E-state index in [2.05, 4.69) is 5.32 Å². The van der Waals surface area contributed by atoms with Crippen LogP contribution in [-0.2, 0) is 17.8 Å². The Balaban J connectivity index is 1.91. The third kappa shape index (κ3) is 4.61. The molecule has 2 aromatic rings. The normalized spacial score (nSPS) is 11.9. The van der Waals surface area contributed by atoms with Gasteiger partial charge in [-0.05, 0) is 36.7 Å². The molecule has 110 valence electrons. The Hall–Kier alpha value is -2.33. The monoisotopic (exact) mass is 285 g/mol. The standard InChI is InChI=1S/C17H19NO3/c1-18-16(17(19)20)11-13-7-9-15(10-8-13)21-12-14-5-3-2-4-6-14/h2-10,16,18H,11-12H2,1H3,(H,19,20)/t16-/m0/s1. The lowest BCUT2D eigenvalue weighted by atomic mass is 10.1. The summed E-state index contributed by atoms with van der Waals surface area (Å²) < 4.78 is 5.69. The molecule has 4 nitrogen and oxygen atoms in total. The lowest BCUT2D eigenvalue weighted by Gasteiger charge is -2.12. The number of carboxylic acids is 1. The van der Waals surface area contributed by atoms with Crippen LogP contribution >= 0.6 is 0 Å². The van der Waals surface area contributed by atoms with Gasteiger partial charge in [-0.25, -0.2) is 0 Å². The first-order chi connectivity index (χ1) is 10.2. The molecule has 0 saturated heterocycles. The van der Waals surface area contributed by atoms with Crippen LogP contribution in [0.4, 0.5) is 0 Å². The zero-order chi connectivity index (χ0) is 15.1. The molecule has 0 heterocycles. The van der Waals surface area contributed by atoms with Crippen LogP contribution in [0.25, 0.3) is 0 Å². The number of hydrogen-bond acceptors (Lipinski definition) is 3. The Morgan fingerprint density at radius 1 is 1.10 bits per heavy atom. The molecule has 4 heteroatoms. The molecule has 0 aliphatic heterocycles. The molecule has 0 aliphatic rings. The van der Waals surface area contributed by atoms with Crippen molar-refractivity contribution in [3.63, 3.8) is 0 Å². The van der Waals surface area contributed by atoms with Crippen molar-refractivity contribution >= 4 is 5.97 Å². The maximum absolute atomic E-state index is 11.0. The first kappa shape index (κ1) is 15.1. The lowest BCUT2D eigenvalue weighted by Crippen LogP contribution is -2.35. The molecule has 2 aromatic carbocycles. The Bertz CT molecular complexity index is 566. The van der Waals surface area contributed by atoms with Gasteiger partial charge in [0, 0.05) is 0 Å². The van der Waals surface area contributed by atoms with Crippen LogP contribution in [0.1, 0.15) is 11.1 Å². The van der Waals surface area contributed by atoms with E-state index in [4.69, 9.17) is 9.84 Å². The molecule has 0 fully saturated rings. The van der Waals surface area contributed by atoms with Gasteiger partial charge in [-0.3, -0.25) is 4.79 Å². The Morgan fingerprint density at radius 3 is 2.33 bits per heavy atom. The van der Waals surface area contributed by atoms with Gasteiger partial charge in [0.1, 0.15) is 18.4 Å². The van der Waals surface area contributed by atoms with E-state index in [0.717, 1.165) is 16.9 Å². The predicted octanol–water partition coefficient (Wildman–Crippen LogP) is 2.48. The fraction of sp³-hybridized carbons (Fsp3) is 0.235. The minimum atomic E-state index is -0.845. The van der Waals surface area contributed by atoms with Crippen molar-refractivity contribution in [2.75, 3.05) is 7.05 Å². The van der Waals surface area contributed by atoms with E-state index in [9.17, 15) is 4.79 Å². The van der Waals surface area contributed by atoms with Crippen LogP contribution in [0.2, 0.25) is 0 Å². The molecule has 0 saturated carbocycles. The highest BCUT2D eigenvalue weighted by atomic mass is 16.5. The number of benzene rings is 2. The van der Waals surface area contributed by atoms with Crippen LogP contribution in [0, 0.1) is 0 Å². The van der Waals surface area contributed by atoms with E-state index < -0.39 is 12.0 Å². The van der Waals surface area contributed by atoms with E-state index in [1.165, 1.54) is 0 Å². The Labute approximate surface area is 124 Å². The summed E-state index contributed by atoms with van der Waals surface area (Å²) in [5.74, 6) is -0.0687. The molecule has 2 N–H and O–H groups in total. The minimum Gasteiger partial charge on any atom is -0.489 e. The molecule has 0 amide bonds. The molecular formula is C17H19NO3. The number of likely N-dealkylation sites (N-methyl/N-ethyl adjacent to an activating group) is 1. The van der Waals surface area contributed by atoms with Crippen molar-refractivity contribution in [1.29, 1.82) is 0 Å². The zero-order valence-electron chi connectivity index (χ0n) is 12.0. The maximum atomic E-state index is 11.0. The Morgan fingerprint density at radius 2 is 1.76 bits per heavy atom. The van der Waals surface area contributed by atoms with Gasteiger partial charge < -0.3 is 15.2 Å². The molecule has 0 radical (unpaired) electrons. The van der Waals surface area contributed by atoms with E-state index in [1.807, 2.05) is 54.6 Å². The lowest BCUT2D eigenvalue weighted by molar-refractivity contribution is -0.139. The summed E-state index contributed by atoms with van der Waals surface area (Å²) in [5.41, 5.74) is 2.08. The summed E-state index contributed by atoms with van der Waals surface area (Å²) in [5, 5.41) is 11.8. The summed E-state index contributed by atoms with van der Waals surface area (Å²) in [7, 11) is 1.65. The van der Waals surface area contributed by atoms with Gasteiger partial charge in [-0.15, -0.1) is 0 Å². The van der Waals surface area contributed by atoms with Crippen molar-refractivity contribution in [1.82, 2.24) is 5.32 Å².